The zero-order valence-corrected chi connectivity index (χ0v) is 17.0. The third-order valence-electron chi connectivity index (χ3n) is 6.44. The number of hydrogen-bond acceptors (Lipinski definition) is 4. The Morgan fingerprint density at radius 3 is 2.86 bits per heavy atom. The van der Waals surface area contributed by atoms with Gasteiger partial charge in [-0.05, 0) is 74.7 Å². The number of fused-ring (bicyclic) bond motifs is 5. The van der Waals surface area contributed by atoms with Gasteiger partial charge in [0.15, 0.2) is 0 Å². The topological polar surface area (TPSA) is 33.7 Å². The first-order chi connectivity index (χ1) is 14.4. The highest BCUT2D eigenvalue weighted by Gasteiger charge is 2.40. The van der Waals surface area contributed by atoms with E-state index in [1.807, 2.05) is 30.3 Å². The fourth-order valence-electron chi connectivity index (χ4n) is 5.14. The lowest BCUT2D eigenvalue weighted by Crippen LogP contribution is -2.35. The molecule has 3 heterocycles. The molecule has 2 unspecified atom stereocenters. The van der Waals surface area contributed by atoms with Crippen molar-refractivity contribution in [3.8, 4) is 11.5 Å². The largest absolute Gasteiger partial charge is 0.494 e. The third kappa shape index (κ3) is 3.74. The fourth-order valence-corrected chi connectivity index (χ4v) is 5.14. The summed E-state index contributed by atoms with van der Waals surface area (Å²) in [5.74, 6) is 2.62. The van der Waals surface area contributed by atoms with Crippen molar-refractivity contribution in [2.24, 2.45) is 0 Å². The number of nitrogens with zero attached hydrogens (tertiary/aromatic N) is 1. The van der Waals surface area contributed by atoms with Crippen LogP contribution < -0.4 is 19.7 Å². The molecule has 0 bridgehead atoms. The van der Waals surface area contributed by atoms with Crippen LogP contribution in [0.5, 0.6) is 11.5 Å². The number of ether oxygens (including phenoxy) is 2. The van der Waals surface area contributed by atoms with E-state index in [1.54, 1.807) is 0 Å². The van der Waals surface area contributed by atoms with E-state index in [0.717, 1.165) is 50.6 Å². The van der Waals surface area contributed by atoms with Crippen molar-refractivity contribution in [3.63, 3.8) is 0 Å². The molecule has 0 radical (unpaired) electrons. The van der Waals surface area contributed by atoms with Crippen LogP contribution in [-0.4, -0.2) is 38.9 Å². The van der Waals surface area contributed by atoms with Gasteiger partial charge in [0.05, 0.1) is 6.61 Å². The molecule has 1 fully saturated rings. The molecule has 0 amide bonds. The van der Waals surface area contributed by atoms with Gasteiger partial charge in [0.2, 0.25) is 0 Å². The van der Waals surface area contributed by atoms with Crippen molar-refractivity contribution in [1.82, 2.24) is 5.32 Å². The predicted molar refractivity (Wildman–Crippen MR) is 118 cm³/mol. The summed E-state index contributed by atoms with van der Waals surface area (Å²) in [5, 5.41) is 3.61. The van der Waals surface area contributed by atoms with Crippen LogP contribution in [0.15, 0.2) is 48.5 Å². The average Bonchev–Trinajstić information content (AvgIpc) is 2.90. The van der Waals surface area contributed by atoms with Crippen molar-refractivity contribution >= 4 is 11.8 Å². The Hall–Kier alpha value is -2.46. The molecular weight excluding hydrogens is 360 g/mol. The summed E-state index contributed by atoms with van der Waals surface area (Å²) in [5.41, 5.74) is 4.27. The van der Waals surface area contributed by atoms with Gasteiger partial charge in [-0.25, -0.2) is 0 Å². The van der Waals surface area contributed by atoms with Gasteiger partial charge in [-0.2, -0.15) is 0 Å². The summed E-state index contributed by atoms with van der Waals surface area (Å²) in [6.07, 6.45) is 9.06. The average molecular weight is 391 g/mol. The van der Waals surface area contributed by atoms with E-state index in [9.17, 15) is 0 Å². The maximum atomic E-state index is 5.91. The molecule has 5 rings (SSSR count). The Bertz CT molecular complexity index is 865. The second-order valence-corrected chi connectivity index (χ2v) is 8.19. The number of hydrogen-bond donors (Lipinski definition) is 1. The van der Waals surface area contributed by atoms with Crippen LogP contribution in [0.2, 0.25) is 0 Å². The quantitative estimate of drug-likeness (QED) is 0.731. The number of nitrogens with one attached hydrogen (secondary N) is 1. The highest BCUT2D eigenvalue weighted by Crippen LogP contribution is 2.49. The highest BCUT2D eigenvalue weighted by atomic mass is 16.5. The predicted octanol–water partition coefficient (Wildman–Crippen LogP) is 4.61. The van der Waals surface area contributed by atoms with Gasteiger partial charge < -0.3 is 19.7 Å². The van der Waals surface area contributed by atoms with Crippen molar-refractivity contribution in [2.45, 2.75) is 37.6 Å². The molecule has 152 valence electrons. The van der Waals surface area contributed by atoms with E-state index in [-0.39, 0.29) is 0 Å². The van der Waals surface area contributed by atoms with Crippen LogP contribution >= 0.6 is 0 Å². The van der Waals surface area contributed by atoms with Gasteiger partial charge in [0.1, 0.15) is 18.1 Å². The molecule has 3 aliphatic rings. The smallest absolute Gasteiger partial charge is 0.127 e. The molecule has 0 aromatic heterocycles. The molecule has 3 aliphatic heterocycles. The second-order valence-electron chi connectivity index (χ2n) is 8.19. The summed E-state index contributed by atoms with van der Waals surface area (Å²) < 4.78 is 11.8. The van der Waals surface area contributed by atoms with Crippen LogP contribution in [0.1, 0.15) is 42.7 Å². The third-order valence-corrected chi connectivity index (χ3v) is 6.44. The molecule has 4 nitrogen and oxygen atoms in total. The van der Waals surface area contributed by atoms with Gasteiger partial charge in [0, 0.05) is 29.8 Å². The van der Waals surface area contributed by atoms with Crippen LogP contribution in [0, 0.1) is 0 Å². The van der Waals surface area contributed by atoms with E-state index >= 15 is 0 Å². The lowest BCUT2D eigenvalue weighted by molar-refractivity contribution is 0.306. The number of para-hydroxylation sites is 1. The fraction of sp³-hybridized carbons (Fsp3) is 0.440. The zero-order chi connectivity index (χ0) is 19.5. The Morgan fingerprint density at radius 1 is 1.03 bits per heavy atom. The summed E-state index contributed by atoms with van der Waals surface area (Å²) >= 11 is 0. The first-order valence-corrected chi connectivity index (χ1v) is 11.0. The van der Waals surface area contributed by atoms with Gasteiger partial charge in [0.25, 0.3) is 0 Å². The minimum absolute atomic E-state index is 0.594. The standard InChI is InChI=1S/C25H30N2O2/c1-2-7-19(8-3-1)28-17-5-4-16-27-22-13-15-26-14-12-20(22)25-21-9-6-18-29-24(21)11-10-23(25)27/h1-3,6-11,20,22,26H,4-5,12-18H2. The Morgan fingerprint density at radius 2 is 1.93 bits per heavy atom. The number of unbranched alkanes of at least 4 members (excludes halogenated alkanes) is 1. The Kier molecular flexibility index (Phi) is 5.44. The minimum atomic E-state index is 0.594. The SMILES string of the molecule is C1=Cc2c(ccc3c2C2CCNCCC2N3CCCCOc2ccccc2)OC1. The van der Waals surface area contributed by atoms with Gasteiger partial charge in [-0.3, -0.25) is 0 Å². The lowest BCUT2D eigenvalue weighted by atomic mass is 9.87. The number of anilines is 1. The van der Waals surface area contributed by atoms with E-state index in [2.05, 4.69) is 34.5 Å². The normalized spacial score (nSPS) is 22.3. The van der Waals surface area contributed by atoms with Gasteiger partial charge >= 0.3 is 0 Å². The molecule has 1 N–H and O–H groups in total. The number of benzene rings is 2. The van der Waals surface area contributed by atoms with Crippen molar-refractivity contribution in [3.05, 3.63) is 59.7 Å². The van der Waals surface area contributed by atoms with Crippen molar-refractivity contribution in [2.75, 3.05) is 37.7 Å². The number of rotatable bonds is 6. The van der Waals surface area contributed by atoms with E-state index in [0.29, 0.717) is 18.6 Å². The van der Waals surface area contributed by atoms with Crippen LogP contribution in [0.4, 0.5) is 5.69 Å². The first-order valence-electron chi connectivity index (χ1n) is 11.0. The summed E-state index contributed by atoms with van der Waals surface area (Å²) in [6.45, 7) is 4.77. The summed E-state index contributed by atoms with van der Waals surface area (Å²) in [6, 6.07) is 15.2. The molecular formula is C25H30N2O2. The van der Waals surface area contributed by atoms with Gasteiger partial charge in [-0.15, -0.1) is 0 Å². The van der Waals surface area contributed by atoms with Gasteiger partial charge in [-0.1, -0.05) is 24.3 Å². The van der Waals surface area contributed by atoms with Crippen LogP contribution in [0.25, 0.3) is 6.08 Å². The lowest BCUT2D eigenvalue weighted by Gasteiger charge is -2.29. The molecule has 4 heteroatoms. The maximum Gasteiger partial charge on any atom is 0.127 e. The molecule has 0 saturated carbocycles. The van der Waals surface area contributed by atoms with Crippen molar-refractivity contribution < 1.29 is 9.47 Å². The van der Waals surface area contributed by atoms with E-state index in [4.69, 9.17) is 9.47 Å². The Labute approximate surface area is 173 Å². The Balaban J connectivity index is 1.30. The monoisotopic (exact) mass is 390 g/mol. The summed E-state index contributed by atoms with van der Waals surface area (Å²) in [4.78, 5) is 2.68. The molecule has 2 aromatic carbocycles. The van der Waals surface area contributed by atoms with Crippen LogP contribution in [-0.2, 0) is 0 Å². The first kappa shape index (κ1) is 18.6. The van der Waals surface area contributed by atoms with E-state index in [1.165, 1.54) is 29.7 Å². The summed E-state index contributed by atoms with van der Waals surface area (Å²) in [7, 11) is 0. The molecule has 1 saturated heterocycles. The molecule has 29 heavy (non-hydrogen) atoms. The molecule has 2 atom stereocenters. The molecule has 0 spiro atoms. The van der Waals surface area contributed by atoms with Crippen molar-refractivity contribution in [1.29, 1.82) is 0 Å². The zero-order valence-electron chi connectivity index (χ0n) is 17.0. The minimum Gasteiger partial charge on any atom is -0.494 e. The second kappa shape index (κ2) is 8.50. The molecule has 0 aliphatic carbocycles. The van der Waals surface area contributed by atoms with Crippen LogP contribution in [0.3, 0.4) is 0 Å². The maximum absolute atomic E-state index is 5.91. The molecule has 2 aromatic rings. The van der Waals surface area contributed by atoms with E-state index < -0.39 is 0 Å². The highest BCUT2D eigenvalue weighted by molar-refractivity contribution is 5.76.